The molecule has 96 valence electrons. The van der Waals surface area contributed by atoms with Gasteiger partial charge in [-0.3, -0.25) is 0 Å². The Bertz CT molecular complexity index is 576. The number of aryl methyl sites for hydroxylation is 1. The van der Waals surface area contributed by atoms with Gasteiger partial charge in [-0.25, -0.2) is 0 Å². The quantitative estimate of drug-likeness (QED) is 0.907. The van der Waals surface area contributed by atoms with Crippen LogP contribution in [0.25, 0.3) is 11.3 Å². The Kier molecular flexibility index (Phi) is 3.97. The van der Waals surface area contributed by atoms with Crippen molar-refractivity contribution in [3.8, 4) is 11.3 Å². The first-order chi connectivity index (χ1) is 8.58. The predicted octanol–water partition coefficient (Wildman–Crippen LogP) is 3.55. The van der Waals surface area contributed by atoms with Gasteiger partial charge in [0.25, 0.3) is 0 Å². The maximum Gasteiger partial charge on any atom is 0.140 e. The van der Waals surface area contributed by atoms with E-state index in [-0.39, 0.29) is 13.2 Å². The summed E-state index contributed by atoms with van der Waals surface area (Å²) in [5.74, 6) is 1.10. The van der Waals surface area contributed by atoms with Crippen molar-refractivity contribution in [2.45, 2.75) is 20.1 Å². The second kappa shape index (κ2) is 5.33. The third-order valence-corrected chi connectivity index (χ3v) is 3.56. The fourth-order valence-electron chi connectivity index (χ4n) is 1.87. The molecule has 3 nitrogen and oxygen atoms in total. The number of hydrogen-bond acceptors (Lipinski definition) is 3. The molecule has 0 saturated heterocycles. The minimum atomic E-state index is -0.206. The van der Waals surface area contributed by atoms with Crippen LogP contribution in [-0.4, -0.2) is 10.2 Å². The molecule has 2 N–H and O–H groups in total. The fraction of sp³-hybridized carbons (Fsp3) is 0.231. The molecule has 5 heteroatoms. The molecule has 0 radical (unpaired) electrons. The van der Waals surface area contributed by atoms with Crippen LogP contribution >= 0.6 is 23.2 Å². The van der Waals surface area contributed by atoms with Gasteiger partial charge in [-0.2, -0.15) is 0 Å². The Hall–Kier alpha value is -1.00. The summed E-state index contributed by atoms with van der Waals surface area (Å²) in [5, 5.41) is 19.5. The Morgan fingerprint density at radius 2 is 1.72 bits per heavy atom. The van der Waals surface area contributed by atoms with Crippen LogP contribution < -0.4 is 0 Å². The number of hydrogen-bond donors (Lipinski definition) is 2. The van der Waals surface area contributed by atoms with Gasteiger partial charge < -0.3 is 14.6 Å². The molecule has 18 heavy (non-hydrogen) atoms. The van der Waals surface area contributed by atoms with E-state index < -0.39 is 0 Å². The van der Waals surface area contributed by atoms with Crippen molar-refractivity contribution in [2.75, 3.05) is 0 Å². The van der Waals surface area contributed by atoms with Gasteiger partial charge in [-0.1, -0.05) is 23.2 Å². The van der Waals surface area contributed by atoms with Crippen molar-refractivity contribution in [3.63, 3.8) is 0 Å². The number of furan rings is 1. The van der Waals surface area contributed by atoms with Crippen LogP contribution in [0.3, 0.4) is 0 Å². The Morgan fingerprint density at radius 1 is 1.06 bits per heavy atom. The lowest BCUT2D eigenvalue weighted by molar-refractivity contribution is 0.261. The highest BCUT2D eigenvalue weighted by Gasteiger charge is 2.18. The second-order valence-corrected chi connectivity index (χ2v) is 4.70. The summed E-state index contributed by atoms with van der Waals surface area (Å²) in [6.07, 6.45) is 0. The first kappa shape index (κ1) is 13.4. The maximum absolute atomic E-state index is 9.40. The first-order valence-electron chi connectivity index (χ1n) is 5.36. The van der Waals surface area contributed by atoms with E-state index in [1.807, 2.05) is 0 Å². The predicted molar refractivity (Wildman–Crippen MR) is 70.7 cm³/mol. The van der Waals surface area contributed by atoms with Gasteiger partial charge >= 0.3 is 0 Å². The van der Waals surface area contributed by atoms with E-state index >= 15 is 0 Å². The van der Waals surface area contributed by atoms with Crippen LogP contribution in [0.15, 0.2) is 22.6 Å². The molecule has 0 unspecified atom stereocenters. The molecule has 2 aromatic rings. The van der Waals surface area contributed by atoms with Gasteiger partial charge in [0, 0.05) is 16.7 Å². The summed E-state index contributed by atoms with van der Waals surface area (Å²) in [6.45, 7) is 1.36. The van der Waals surface area contributed by atoms with Crippen molar-refractivity contribution in [1.82, 2.24) is 0 Å². The van der Waals surface area contributed by atoms with Crippen LogP contribution in [0.5, 0.6) is 0 Å². The Balaban J connectivity index is 2.59. The lowest BCUT2D eigenvalue weighted by Gasteiger charge is -2.03. The van der Waals surface area contributed by atoms with E-state index in [1.165, 1.54) is 0 Å². The van der Waals surface area contributed by atoms with Crippen LogP contribution in [-0.2, 0) is 13.2 Å². The van der Waals surface area contributed by atoms with Crippen LogP contribution in [0, 0.1) is 6.92 Å². The third-order valence-electron chi connectivity index (χ3n) is 2.82. The molecule has 1 aromatic heterocycles. The molecule has 0 aliphatic heterocycles. The topological polar surface area (TPSA) is 53.6 Å². The van der Waals surface area contributed by atoms with Gasteiger partial charge in [-0.15, -0.1) is 0 Å². The molecule has 0 aliphatic carbocycles. The van der Waals surface area contributed by atoms with Crippen molar-refractivity contribution >= 4 is 23.2 Å². The van der Waals surface area contributed by atoms with Crippen LogP contribution in [0.4, 0.5) is 0 Å². The minimum absolute atomic E-state index is 0.174. The summed E-state index contributed by atoms with van der Waals surface area (Å²) in [6, 6.07) is 5.09. The number of aliphatic hydroxyl groups excluding tert-OH is 2. The summed E-state index contributed by atoms with van der Waals surface area (Å²) >= 11 is 11.8. The van der Waals surface area contributed by atoms with E-state index in [4.69, 9.17) is 27.6 Å². The highest BCUT2D eigenvalue weighted by atomic mass is 35.5. The molecule has 1 aromatic carbocycles. The van der Waals surface area contributed by atoms with E-state index in [2.05, 4.69) is 0 Å². The van der Waals surface area contributed by atoms with Gasteiger partial charge in [0.1, 0.15) is 11.5 Å². The zero-order valence-electron chi connectivity index (χ0n) is 9.70. The molecule has 0 aliphatic rings. The SMILES string of the molecule is Cc1oc(-c2ccc(Cl)c(Cl)c2)c(CO)c1CO. The average molecular weight is 287 g/mol. The first-order valence-corrected chi connectivity index (χ1v) is 6.12. The third kappa shape index (κ3) is 2.27. The molecule has 0 atom stereocenters. The summed E-state index contributed by atoms with van der Waals surface area (Å²) in [7, 11) is 0. The molecule has 0 bridgehead atoms. The molecular weight excluding hydrogens is 275 g/mol. The van der Waals surface area contributed by atoms with Crippen LogP contribution in [0.2, 0.25) is 10.0 Å². The van der Waals surface area contributed by atoms with E-state index in [1.54, 1.807) is 25.1 Å². The molecule has 0 fully saturated rings. The van der Waals surface area contributed by atoms with Crippen LogP contribution in [0.1, 0.15) is 16.9 Å². The normalized spacial score (nSPS) is 10.9. The Morgan fingerprint density at radius 3 is 2.28 bits per heavy atom. The fourth-order valence-corrected chi connectivity index (χ4v) is 2.17. The van der Waals surface area contributed by atoms with E-state index in [9.17, 15) is 10.2 Å². The van der Waals surface area contributed by atoms with Gasteiger partial charge in [0.15, 0.2) is 0 Å². The van der Waals surface area contributed by atoms with E-state index in [0.29, 0.717) is 32.7 Å². The van der Waals surface area contributed by atoms with Crippen molar-refractivity contribution in [2.24, 2.45) is 0 Å². The number of aliphatic hydroxyl groups is 2. The van der Waals surface area contributed by atoms with Gasteiger partial charge in [-0.05, 0) is 25.1 Å². The van der Waals surface area contributed by atoms with E-state index in [0.717, 1.165) is 5.56 Å². The molecule has 0 saturated carbocycles. The summed E-state index contributed by atoms with van der Waals surface area (Å²) in [4.78, 5) is 0. The molecule has 0 amide bonds. The summed E-state index contributed by atoms with van der Waals surface area (Å²) < 4.78 is 5.59. The number of halogens is 2. The van der Waals surface area contributed by atoms with Gasteiger partial charge in [0.05, 0.1) is 23.3 Å². The smallest absolute Gasteiger partial charge is 0.140 e. The second-order valence-electron chi connectivity index (χ2n) is 3.89. The standard InChI is InChI=1S/C13H12Cl2O3/c1-7-9(5-16)10(6-17)13(18-7)8-2-3-11(14)12(15)4-8/h2-4,16-17H,5-6H2,1H3. The lowest BCUT2D eigenvalue weighted by atomic mass is 10.1. The summed E-state index contributed by atoms with van der Waals surface area (Å²) in [5.41, 5.74) is 1.91. The zero-order valence-corrected chi connectivity index (χ0v) is 11.2. The van der Waals surface area contributed by atoms with Crippen molar-refractivity contribution in [1.29, 1.82) is 0 Å². The maximum atomic E-state index is 9.40. The lowest BCUT2D eigenvalue weighted by Crippen LogP contribution is -1.92. The highest BCUT2D eigenvalue weighted by Crippen LogP contribution is 2.34. The Labute approximate surface area is 115 Å². The zero-order chi connectivity index (χ0) is 13.3. The molecular formula is C13H12Cl2O3. The average Bonchev–Trinajstić information content (AvgIpc) is 2.68. The molecule has 0 spiro atoms. The highest BCUT2D eigenvalue weighted by molar-refractivity contribution is 6.42. The largest absolute Gasteiger partial charge is 0.461 e. The van der Waals surface area contributed by atoms with Gasteiger partial charge in [0.2, 0.25) is 0 Å². The molecule has 2 rings (SSSR count). The minimum Gasteiger partial charge on any atom is -0.461 e. The van der Waals surface area contributed by atoms with Crippen molar-refractivity contribution in [3.05, 3.63) is 45.1 Å². The van der Waals surface area contributed by atoms with Crippen molar-refractivity contribution < 1.29 is 14.6 Å². The number of benzene rings is 1. The monoisotopic (exact) mass is 286 g/mol. The number of rotatable bonds is 3. The molecule has 1 heterocycles.